The lowest BCUT2D eigenvalue weighted by molar-refractivity contribution is 0.172. The zero-order chi connectivity index (χ0) is 14.3. The molecule has 1 fully saturated rings. The van der Waals surface area contributed by atoms with Gasteiger partial charge in [-0.2, -0.15) is 0 Å². The van der Waals surface area contributed by atoms with E-state index in [1.807, 2.05) is 36.5 Å². The van der Waals surface area contributed by atoms with Gasteiger partial charge in [-0.1, -0.05) is 18.2 Å². The Labute approximate surface area is 125 Å². The third kappa shape index (κ3) is 4.02. The normalized spacial score (nSPS) is 16.8. The first-order chi connectivity index (χ1) is 10.4. The molecule has 0 radical (unpaired) electrons. The van der Waals surface area contributed by atoms with E-state index in [1.54, 1.807) is 12.4 Å². The first-order valence-corrected chi connectivity index (χ1v) is 7.58. The lowest BCUT2D eigenvalue weighted by atomic mass is 9.94. The van der Waals surface area contributed by atoms with Crippen molar-refractivity contribution in [2.24, 2.45) is 0 Å². The van der Waals surface area contributed by atoms with Gasteiger partial charge in [0.1, 0.15) is 12.4 Å². The molecule has 0 atom stereocenters. The van der Waals surface area contributed by atoms with Gasteiger partial charge in [-0.3, -0.25) is 14.9 Å². The summed E-state index contributed by atoms with van der Waals surface area (Å²) in [6, 6.07) is 10.0. The number of piperidine rings is 1. The van der Waals surface area contributed by atoms with Crippen LogP contribution in [0.3, 0.4) is 0 Å². The Morgan fingerprint density at radius 2 is 1.90 bits per heavy atom. The first kappa shape index (κ1) is 14.0. The van der Waals surface area contributed by atoms with Gasteiger partial charge >= 0.3 is 0 Å². The number of benzene rings is 1. The van der Waals surface area contributed by atoms with E-state index in [0.29, 0.717) is 5.92 Å². The van der Waals surface area contributed by atoms with E-state index in [2.05, 4.69) is 14.9 Å². The molecule has 2 aromatic rings. The molecule has 3 rings (SSSR count). The Morgan fingerprint density at radius 1 is 1.10 bits per heavy atom. The Balaban J connectivity index is 1.40. The van der Waals surface area contributed by atoms with Gasteiger partial charge in [0.25, 0.3) is 0 Å². The molecule has 0 aliphatic carbocycles. The van der Waals surface area contributed by atoms with Crippen LogP contribution < -0.4 is 4.74 Å². The van der Waals surface area contributed by atoms with Crippen molar-refractivity contribution >= 4 is 0 Å². The van der Waals surface area contributed by atoms with Gasteiger partial charge < -0.3 is 4.74 Å². The number of rotatable bonds is 5. The van der Waals surface area contributed by atoms with Crippen LogP contribution in [0.1, 0.15) is 24.5 Å². The fourth-order valence-corrected chi connectivity index (χ4v) is 2.78. The Morgan fingerprint density at radius 3 is 2.62 bits per heavy atom. The maximum Gasteiger partial charge on any atom is 0.119 e. The Hall–Kier alpha value is -1.94. The standard InChI is InChI=1S/C17H21N3O/c1-2-4-16(5-3-1)21-13-12-20-10-6-15(7-11-20)17-14-18-8-9-19-17/h1-5,8-9,14-15H,6-7,10-13H2. The second-order valence-electron chi connectivity index (χ2n) is 5.41. The summed E-state index contributed by atoms with van der Waals surface area (Å²) in [5, 5.41) is 0. The number of hydrogen-bond acceptors (Lipinski definition) is 4. The first-order valence-electron chi connectivity index (χ1n) is 7.58. The summed E-state index contributed by atoms with van der Waals surface area (Å²) in [6.07, 6.45) is 7.74. The summed E-state index contributed by atoms with van der Waals surface area (Å²) in [6.45, 7) is 3.96. The van der Waals surface area contributed by atoms with Crippen LogP contribution in [-0.4, -0.2) is 41.1 Å². The zero-order valence-corrected chi connectivity index (χ0v) is 12.2. The van der Waals surface area contributed by atoms with E-state index < -0.39 is 0 Å². The average molecular weight is 283 g/mol. The topological polar surface area (TPSA) is 38.2 Å². The highest BCUT2D eigenvalue weighted by Crippen LogP contribution is 2.25. The van der Waals surface area contributed by atoms with Gasteiger partial charge in [0, 0.05) is 31.1 Å². The minimum atomic E-state index is 0.560. The minimum absolute atomic E-state index is 0.560. The lowest BCUT2D eigenvalue weighted by Gasteiger charge is -2.31. The van der Waals surface area contributed by atoms with Gasteiger partial charge in [0.05, 0.1) is 5.69 Å². The number of likely N-dealkylation sites (tertiary alicyclic amines) is 1. The van der Waals surface area contributed by atoms with E-state index in [1.165, 1.54) is 0 Å². The molecule has 1 aromatic heterocycles. The summed E-state index contributed by atoms with van der Waals surface area (Å²) < 4.78 is 5.76. The fraction of sp³-hybridized carbons (Fsp3) is 0.412. The van der Waals surface area contributed by atoms with Crippen molar-refractivity contribution in [2.75, 3.05) is 26.2 Å². The molecule has 4 heteroatoms. The molecular formula is C17H21N3O. The summed E-state index contributed by atoms with van der Waals surface area (Å²) in [5.74, 6) is 1.51. The van der Waals surface area contributed by atoms with Crippen LogP contribution in [-0.2, 0) is 0 Å². The Kier molecular flexibility index (Phi) is 4.79. The lowest BCUT2D eigenvalue weighted by Crippen LogP contribution is -2.36. The van der Waals surface area contributed by atoms with Gasteiger partial charge in [-0.25, -0.2) is 0 Å². The van der Waals surface area contributed by atoms with Crippen LogP contribution in [0, 0.1) is 0 Å². The molecule has 1 aliphatic rings. The van der Waals surface area contributed by atoms with Crippen molar-refractivity contribution in [2.45, 2.75) is 18.8 Å². The average Bonchev–Trinajstić information content (AvgIpc) is 2.57. The maximum atomic E-state index is 5.76. The third-order valence-electron chi connectivity index (χ3n) is 4.01. The van der Waals surface area contributed by atoms with Crippen molar-refractivity contribution in [3.05, 3.63) is 54.6 Å². The predicted octanol–water partition coefficient (Wildman–Crippen LogP) is 2.74. The smallest absolute Gasteiger partial charge is 0.119 e. The molecule has 110 valence electrons. The number of nitrogens with zero attached hydrogens (tertiary/aromatic N) is 3. The molecule has 2 heterocycles. The summed E-state index contributed by atoms with van der Waals surface area (Å²) in [4.78, 5) is 11.1. The summed E-state index contributed by atoms with van der Waals surface area (Å²) in [7, 11) is 0. The molecule has 0 bridgehead atoms. The van der Waals surface area contributed by atoms with Crippen molar-refractivity contribution in [1.82, 2.24) is 14.9 Å². The molecular weight excluding hydrogens is 262 g/mol. The van der Waals surface area contributed by atoms with Crippen LogP contribution >= 0.6 is 0 Å². The van der Waals surface area contributed by atoms with Crippen LogP contribution in [0.15, 0.2) is 48.9 Å². The molecule has 1 saturated heterocycles. The molecule has 1 aliphatic heterocycles. The number of aromatic nitrogens is 2. The molecule has 0 spiro atoms. The van der Waals surface area contributed by atoms with Gasteiger partial charge in [-0.15, -0.1) is 0 Å². The van der Waals surface area contributed by atoms with Crippen LogP contribution in [0.4, 0.5) is 0 Å². The molecule has 0 unspecified atom stereocenters. The highest BCUT2D eigenvalue weighted by molar-refractivity contribution is 5.20. The summed E-state index contributed by atoms with van der Waals surface area (Å²) >= 11 is 0. The van der Waals surface area contributed by atoms with E-state index >= 15 is 0 Å². The number of para-hydroxylation sites is 1. The molecule has 1 aromatic carbocycles. The quantitative estimate of drug-likeness (QED) is 0.845. The van der Waals surface area contributed by atoms with E-state index in [9.17, 15) is 0 Å². The van der Waals surface area contributed by atoms with Crippen LogP contribution in [0.5, 0.6) is 5.75 Å². The zero-order valence-electron chi connectivity index (χ0n) is 12.2. The highest BCUT2D eigenvalue weighted by atomic mass is 16.5. The molecule has 0 saturated carbocycles. The third-order valence-corrected chi connectivity index (χ3v) is 4.01. The predicted molar refractivity (Wildman–Crippen MR) is 82.4 cm³/mol. The van der Waals surface area contributed by atoms with E-state index in [4.69, 9.17) is 4.74 Å². The van der Waals surface area contributed by atoms with Crippen molar-refractivity contribution in [3.63, 3.8) is 0 Å². The molecule has 21 heavy (non-hydrogen) atoms. The maximum absolute atomic E-state index is 5.76. The van der Waals surface area contributed by atoms with Crippen molar-refractivity contribution < 1.29 is 4.74 Å². The van der Waals surface area contributed by atoms with E-state index in [0.717, 1.165) is 50.5 Å². The largest absolute Gasteiger partial charge is 0.492 e. The fourth-order valence-electron chi connectivity index (χ4n) is 2.78. The second-order valence-corrected chi connectivity index (χ2v) is 5.41. The van der Waals surface area contributed by atoms with Gasteiger partial charge in [0.2, 0.25) is 0 Å². The summed E-state index contributed by atoms with van der Waals surface area (Å²) in [5.41, 5.74) is 1.14. The molecule has 4 nitrogen and oxygen atoms in total. The minimum Gasteiger partial charge on any atom is -0.492 e. The number of hydrogen-bond donors (Lipinski definition) is 0. The second kappa shape index (κ2) is 7.18. The molecule has 0 N–H and O–H groups in total. The van der Waals surface area contributed by atoms with Crippen LogP contribution in [0.25, 0.3) is 0 Å². The Bertz CT molecular complexity index is 521. The van der Waals surface area contributed by atoms with Crippen molar-refractivity contribution in [1.29, 1.82) is 0 Å². The van der Waals surface area contributed by atoms with Crippen molar-refractivity contribution in [3.8, 4) is 5.75 Å². The SMILES string of the molecule is c1ccc(OCCN2CCC(c3cnccn3)CC2)cc1. The van der Waals surface area contributed by atoms with Gasteiger partial charge in [0.15, 0.2) is 0 Å². The van der Waals surface area contributed by atoms with E-state index in [-0.39, 0.29) is 0 Å². The van der Waals surface area contributed by atoms with Crippen LogP contribution in [0.2, 0.25) is 0 Å². The molecule has 0 amide bonds. The van der Waals surface area contributed by atoms with Gasteiger partial charge in [-0.05, 0) is 38.1 Å². The highest BCUT2D eigenvalue weighted by Gasteiger charge is 2.21. The number of ether oxygens (including phenoxy) is 1. The monoisotopic (exact) mass is 283 g/mol.